The maximum Gasteiger partial charge on any atom is 0.234 e. The molecule has 0 fully saturated rings. The average Bonchev–Trinajstić information content (AvgIpc) is 2.46. The highest BCUT2D eigenvalue weighted by Crippen LogP contribution is 2.30. The molecule has 0 radical (unpaired) electrons. The van der Waals surface area contributed by atoms with Crippen LogP contribution in [0.15, 0.2) is 36.4 Å². The van der Waals surface area contributed by atoms with Crippen molar-refractivity contribution in [2.45, 2.75) is 5.75 Å². The smallest absolute Gasteiger partial charge is 0.234 e. The minimum atomic E-state index is -0.380. The maximum atomic E-state index is 13.6. The van der Waals surface area contributed by atoms with Gasteiger partial charge < -0.3 is 5.32 Å². The number of halogens is 4. The topological polar surface area (TPSA) is 29.1 Å². The van der Waals surface area contributed by atoms with Crippen molar-refractivity contribution < 1.29 is 9.18 Å². The molecule has 116 valence electrons. The normalized spacial score (nSPS) is 10.5. The van der Waals surface area contributed by atoms with E-state index in [0.29, 0.717) is 32.1 Å². The summed E-state index contributed by atoms with van der Waals surface area (Å²) >= 11 is 19.1. The molecule has 0 saturated carbocycles. The fraction of sp³-hybridized carbons (Fsp3) is 0.133. The van der Waals surface area contributed by atoms with Crippen LogP contribution in [0, 0.1) is 5.82 Å². The van der Waals surface area contributed by atoms with Crippen molar-refractivity contribution in [2.24, 2.45) is 0 Å². The highest BCUT2D eigenvalue weighted by molar-refractivity contribution is 7.99. The average molecular weight is 379 g/mol. The van der Waals surface area contributed by atoms with Crippen LogP contribution in [0.3, 0.4) is 0 Å². The van der Waals surface area contributed by atoms with Gasteiger partial charge in [0.05, 0.1) is 21.5 Å². The second-order valence-corrected chi connectivity index (χ2v) is 6.55. The summed E-state index contributed by atoms with van der Waals surface area (Å²) in [4.78, 5) is 11.9. The maximum absolute atomic E-state index is 13.6. The summed E-state index contributed by atoms with van der Waals surface area (Å²) in [6, 6.07) is 9.45. The first-order valence-electron chi connectivity index (χ1n) is 6.23. The van der Waals surface area contributed by atoms with E-state index in [1.807, 2.05) is 0 Å². The van der Waals surface area contributed by atoms with E-state index in [9.17, 15) is 9.18 Å². The molecular weight excluding hydrogens is 368 g/mol. The molecule has 2 rings (SSSR count). The van der Waals surface area contributed by atoms with Crippen molar-refractivity contribution in [1.29, 1.82) is 0 Å². The van der Waals surface area contributed by atoms with Gasteiger partial charge in [-0.25, -0.2) is 4.39 Å². The van der Waals surface area contributed by atoms with E-state index in [2.05, 4.69) is 5.32 Å². The lowest BCUT2D eigenvalue weighted by atomic mass is 10.2. The zero-order valence-electron chi connectivity index (χ0n) is 11.2. The Morgan fingerprint density at radius 3 is 2.27 bits per heavy atom. The molecule has 0 aliphatic heterocycles. The number of benzene rings is 2. The van der Waals surface area contributed by atoms with Crippen molar-refractivity contribution in [3.63, 3.8) is 0 Å². The molecule has 22 heavy (non-hydrogen) atoms. The summed E-state index contributed by atoms with van der Waals surface area (Å²) in [6.45, 7) is 0. The second kappa shape index (κ2) is 8.06. The summed E-state index contributed by atoms with van der Waals surface area (Å²) in [5.41, 5.74) is 0.762. The van der Waals surface area contributed by atoms with Crippen molar-refractivity contribution >= 4 is 58.2 Å². The van der Waals surface area contributed by atoms with Crippen LogP contribution in [0.5, 0.6) is 0 Å². The van der Waals surface area contributed by atoms with Gasteiger partial charge in [0.1, 0.15) is 5.82 Å². The molecule has 0 heterocycles. The van der Waals surface area contributed by atoms with Gasteiger partial charge in [-0.3, -0.25) is 4.79 Å². The van der Waals surface area contributed by atoms with Crippen LogP contribution in [0.2, 0.25) is 15.1 Å². The van der Waals surface area contributed by atoms with Gasteiger partial charge in [0, 0.05) is 16.3 Å². The van der Waals surface area contributed by atoms with E-state index in [1.54, 1.807) is 24.3 Å². The second-order valence-electron chi connectivity index (χ2n) is 4.34. The predicted molar refractivity (Wildman–Crippen MR) is 92.7 cm³/mol. The number of amides is 1. The van der Waals surface area contributed by atoms with Crippen LogP contribution in [0.25, 0.3) is 0 Å². The summed E-state index contributed by atoms with van der Waals surface area (Å²) in [5, 5.41) is 3.72. The molecule has 2 nitrogen and oxygen atoms in total. The molecule has 2 aromatic rings. The van der Waals surface area contributed by atoms with Crippen LogP contribution in [-0.2, 0) is 10.5 Å². The number of hydrogen-bond acceptors (Lipinski definition) is 2. The van der Waals surface area contributed by atoms with Gasteiger partial charge >= 0.3 is 0 Å². The van der Waals surface area contributed by atoms with Crippen LogP contribution < -0.4 is 5.32 Å². The highest BCUT2D eigenvalue weighted by Gasteiger charge is 2.11. The number of para-hydroxylation sites is 1. The Morgan fingerprint density at radius 1 is 1.05 bits per heavy atom. The summed E-state index contributed by atoms with van der Waals surface area (Å²) < 4.78 is 13.6. The molecule has 2 aromatic carbocycles. The van der Waals surface area contributed by atoms with Crippen molar-refractivity contribution in [3.05, 3.63) is 62.8 Å². The monoisotopic (exact) mass is 377 g/mol. The standard InChI is InChI=1S/C15H11Cl3FNOS/c16-10-3-2-6-13(19)9(10)7-22-8-14(21)20-15-11(17)4-1-5-12(15)18/h1-6H,7-8H2,(H,20,21). The van der Waals surface area contributed by atoms with Gasteiger partial charge in [-0.2, -0.15) is 0 Å². The first-order chi connectivity index (χ1) is 10.5. The first kappa shape index (κ1) is 17.4. The molecule has 0 saturated heterocycles. The minimum Gasteiger partial charge on any atom is -0.323 e. The van der Waals surface area contributed by atoms with E-state index in [-0.39, 0.29) is 17.5 Å². The number of carbonyl (C=O) groups excluding carboxylic acids is 1. The number of rotatable bonds is 5. The predicted octanol–water partition coefficient (Wildman–Crippen LogP) is 5.66. The third-order valence-electron chi connectivity index (χ3n) is 2.77. The van der Waals surface area contributed by atoms with Crippen LogP contribution in [0.4, 0.5) is 10.1 Å². The Hall–Kier alpha value is -0.940. The lowest BCUT2D eigenvalue weighted by molar-refractivity contribution is -0.113. The summed E-state index contributed by atoms with van der Waals surface area (Å²) in [6.07, 6.45) is 0. The first-order valence-corrected chi connectivity index (χ1v) is 8.52. The Balaban J connectivity index is 1.91. The SMILES string of the molecule is O=C(CSCc1c(F)cccc1Cl)Nc1c(Cl)cccc1Cl. The van der Waals surface area contributed by atoms with Gasteiger partial charge in [-0.1, -0.05) is 46.9 Å². The molecule has 0 unspecified atom stereocenters. The van der Waals surface area contributed by atoms with Gasteiger partial charge in [0.15, 0.2) is 0 Å². The molecule has 0 bridgehead atoms. The third kappa shape index (κ3) is 4.53. The van der Waals surface area contributed by atoms with Gasteiger partial charge in [-0.15, -0.1) is 11.8 Å². The molecule has 1 amide bonds. The fourth-order valence-electron chi connectivity index (χ4n) is 1.71. The third-order valence-corrected chi connectivity index (χ3v) is 4.71. The fourth-order valence-corrected chi connectivity index (χ4v) is 3.37. The Morgan fingerprint density at radius 2 is 1.64 bits per heavy atom. The van der Waals surface area contributed by atoms with E-state index in [0.717, 1.165) is 0 Å². The molecule has 0 aromatic heterocycles. The Bertz CT molecular complexity index is 656. The van der Waals surface area contributed by atoms with E-state index < -0.39 is 0 Å². The molecule has 0 aliphatic carbocycles. The van der Waals surface area contributed by atoms with Gasteiger partial charge in [-0.05, 0) is 24.3 Å². The van der Waals surface area contributed by atoms with Crippen molar-refractivity contribution in [1.82, 2.24) is 0 Å². The molecule has 0 spiro atoms. The quantitative estimate of drug-likeness (QED) is 0.727. The highest BCUT2D eigenvalue weighted by atomic mass is 35.5. The largest absolute Gasteiger partial charge is 0.323 e. The van der Waals surface area contributed by atoms with E-state index in [4.69, 9.17) is 34.8 Å². The molecule has 0 aliphatic rings. The summed E-state index contributed by atoms with van der Waals surface area (Å²) in [7, 11) is 0. The lowest BCUT2D eigenvalue weighted by Gasteiger charge is -2.09. The Labute approximate surface area is 146 Å². The zero-order valence-corrected chi connectivity index (χ0v) is 14.3. The van der Waals surface area contributed by atoms with Gasteiger partial charge in [0.2, 0.25) is 5.91 Å². The zero-order chi connectivity index (χ0) is 16.1. The molecule has 0 atom stereocenters. The summed E-state index contributed by atoms with van der Waals surface area (Å²) in [5.74, 6) is -0.219. The number of carbonyl (C=O) groups is 1. The molecule has 1 N–H and O–H groups in total. The molecular formula is C15H11Cl3FNOS. The number of thioether (sulfide) groups is 1. The van der Waals surface area contributed by atoms with Crippen LogP contribution >= 0.6 is 46.6 Å². The van der Waals surface area contributed by atoms with Crippen LogP contribution in [0.1, 0.15) is 5.56 Å². The molecule has 7 heteroatoms. The Kier molecular flexibility index (Phi) is 6.38. The van der Waals surface area contributed by atoms with E-state index >= 15 is 0 Å². The number of hydrogen-bond donors (Lipinski definition) is 1. The van der Waals surface area contributed by atoms with Crippen LogP contribution in [-0.4, -0.2) is 11.7 Å². The van der Waals surface area contributed by atoms with Crippen molar-refractivity contribution in [2.75, 3.05) is 11.1 Å². The number of nitrogens with one attached hydrogen (secondary N) is 1. The number of anilines is 1. The van der Waals surface area contributed by atoms with Crippen molar-refractivity contribution in [3.8, 4) is 0 Å². The van der Waals surface area contributed by atoms with E-state index in [1.165, 1.54) is 23.9 Å². The van der Waals surface area contributed by atoms with Gasteiger partial charge in [0.25, 0.3) is 0 Å². The lowest BCUT2D eigenvalue weighted by Crippen LogP contribution is -2.15. The minimum absolute atomic E-state index is 0.131.